The third kappa shape index (κ3) is 3.18. The van der Waals surface area contributed by atoms with Crippen LogP contribution in [0.2, 0.25) is 0 Å². The van der Waals surface area contributed by atoms with E-state index in [1.54, 1.807) is 26.4 Å². The van der Waals surface area contributed by atoms with E-state index in [-0.39, 0.29) is 5.82 Å². The van der Waals surface area contributed by atoms with Gasteiger partial charge in [-0.05, 0) is 42.3 Å². The first-order valence-electron chi connectivity index (χ1n) is 6.30. The number of halogens is 1. The van der Waals surface area contributed by atoms with Gasteiger partial charge in [0.25, 0.3) is 0 Å². The molecule has 0 fully saturated rings. The fourth-order valence-corrected chi connectivity index (χ4v) is 1.97. The van der Waals surface area contributed by atoms with Crippen molar-refractivity contribution in [2.45, 2.75) is 6.92 Å². The van der Waals surface area contributed by atoms with Crippen molar-refractivity contribution < 1.29 is 13.9 Å². The van der Waals surface area contributed by atoms with Crippen molar-refractivity contribution in [2.75, 3.05) is 14.2 Å². The van der Waals surface area contributed by atoms with Gasteiger partial charge in [0.1, 0.15) is 17.3 Å². The lowest BCUT2D eigenvalue weighted by Crippen LogP contribution is -1.93. The van der Waals surface area contributed by atoms with Gasteiger partial charge >= 0.3 is 0 Å². The second-order valence-electron chi connectivity index (χ2n) is 4.44. The number of hydrogen-bond acceptors (Lipinski definition) is 2. The third-order valence-corrected chi connectivity index (χ3v) is 3.11. The van der Waals surface area contributed by atoms with Crippen molar-refractivity contribution in [3.05, 3.63) is 58.9 Å². The molecule has 0 N–H and O–H groups in total. The summed E-state index contributed by atoms with van der Waals surface area (Å²) >= 11 is 0. The van der Waals surface area contributed by atoms with E-state index in [0.29, 0.717) is 0 Å². The molecule has 3 heteroatoms. The molecule has 0 aliphatic rings. The van der Waals surface area contributed by atoms with Crippen molar-refractivity contribution in [1.29, 1.82) is 0 Å². The molecule has 0 heterocycles. The molecule has 0 atom stereocenters. The Morgan fingerprint density at radius 2 is 1.35 bits per heavy atom. The van der Waals surface area contributed by atoms with Gasteiger partial charge in [0, 0.05) is 5.56 Å². The first kappa shape index (κ1) is 14.1. The van der Waals surface area contributed by atoms with E-state index >= 15 is 0 Å². The van der Waals surface area contributed by atoms with Gasteiger partial charge in [-0.15, -0.1) is 0 Å². The highest BCUT2D eigenvalue weighted by Gasteiger charge is 2.06. The fraction of sp³-hybridized carbons (Fsp3) is 0.176. The molecule has 0 aromatic heterocycles. The minimum absolute atomic E-state index is 0.235. The first-order valence-corrected chi connectivity index (χ1v) is 6.30. The van der Waals surface area contributed by atoms with Crippen LogP contribution in [0.1, 0.15) is 16.7 Å². The minimum Gasteiger partial charge on any atom is -0.496 e. The van der Waals surface area contributed by atoms with E-state index in [4.69, 9.17) is 9.47 Å². The largest absolute Gasteiger partial charge is 0.496 e. The van der Waals surface area contributed by atoms with Crippen molar-refractivity contribution in [3.63, 3.8) is 0 Å². The second kappa shape index (κ2) is 6.24. The van der Waals surface area contributed by atoms with Gasteiger partial charge in [0.15, 0.2) is 0 Å². The summed E-state index contributed by atoms with van der Waals surface area (Å²) in [6.45, 7) is 1.95. The second-order valence-corrected chi connectivity index (χ2v) is 4.44. The lowest BCUT2D eigenvalue weighted by Gasteiger charge is -2.10. The number of ether oxygens (including phenoxy) is 2. The quantitative estimate of drug-likeness (QED) is 0.772. The molecule has 0 unspecified atom stereocenters. The van der Waals surface area contributed by atoms with Crippen LogP contribution in [-0.2, 0) is 0 Å². The van der Waals surface area contributed by atoms with E-state index in [9.17, 15) is 4.39 Å². The highest BCUT2D eigenvalue weighted by Crippen LogP contribution is 2.30. The van der Waals surface area contributed by atoms with Crippen molar-refractivity contribution >= 4 is 12.2 Å². The van der Waals surface area contributed by atoms with Crippen LogP contribution in [0.4, 0.5) is 4.39 Å². The predicted molar refractivity (Wildman–Crippen MR) is 79.6 cm³/mol. The van der Waals surface area contributed by atoms with Gasteiger partial charge in [-0.25, -0.2) is 4.39 Å². The molecule has 0 spiro atoms. The van der Waals surface area contributed by atoms with Crippen LogP contribution in [0.3, 0.4) is 0 Å². The summed E-state index contributed by atoms with van der Waals surface area (Å²) in [5.74, 6) is 1.33. The molecule has 0 aliphatic heterocycles. The van der Waals surface area contributed by atoms with Crippen LogP contribution in [-0.4, -0.2) is 14.2 Å². The average Bonchev–Trinajstić information content (AvgIpc) is 2.47. The molecular weight excluding hydrogens is 255 g/mol. The maximum Gasteiger partial charge on any atom is 0.126 e. The van der Waals surface area contributed by atoms with Gasteiger partial charge in [0.05, 0.1) is 14.2 Å². The van der Waals surface area contributed by atoms with E-state index in [1.807, 2.05) is 31.2 Å². The van der Waals surface area contributed by atoms with Crippen LogP contribution in [0, 0.1) is 12.7 Å². The lowest BCUT2D eigenvalue weighted by atomic mass is 10.1. The SMILES string of the molecule is COc1cc(C=Cc2ccc(F)cc2)cc(OC)c1C. The monoisotopic (exact) mass is 272 g/mol. The number of benzene rings is 2. The van der Waals surface area contributed by atoms with Gasteiger partial charge in [-0.1, -0.05) is 24.3 Å². The molecule has 0 bridgehead atoms. The van der Waals surface area contributed by atoms with Crippen LogP contribution < -0.4 is 9.47 Å². The Hall–Kier alpha value is -2.29. The summed E-state index contributed by atoms with van der Waals surface area (Å²) in [5, 5.41) is 0. The van der Waals surface area contributed by atoms with Crippen LogP contribution in [0.15, 0.2) is 36.4 Å². The number of methoxy groups -OCH3 is 2. The summed E-state index contributed by atoms with van der Waals surface area (Å²) in [7, 11) is 3.27. The zero-order valence-electron chi connectivity index (χ0n) is 11.8. The van der Waals surface area contributed by atoms with Crippen LogP contribution in [0.25, 0.3) is 12.2 Å². The van der Waals surface area contributed by atoms with Crippen molar-refractivity contribution in [3.8, 4) is 11.5 Å². The van der Waals surface area contributed by atoms with Gasteiger partial charge < -0.3 is 9.47 Å². The Labute approximate surface area is 118 Å². The molecule has 2 aromatic carbocycles. The summed E-state index contributed by atoms with van der Waals surface area (Å²) in [5.41, 5.74) is 2.87. The fourth-order valence-electron chi connectivity index (χ4n) is 1.97. The molecule has 2 nitrogen and oxygen atoms in total. The zero-order valence-corrected chi connectivity index (χ0v) is 11.8. The topological polar surface area (TPSA) is 18.5 Å². The number of rotatable bonds is 4. The normalized spacial score (nSPS) is 10.8. The maximum atomic E-state index is 12.8. The molecule has 0 amide bonds. The van der Waals surface area contributed by atoms with E-state index in [1.165, 1.54) is 12.1 Å². The molecule has 0 aliphatic carbocycles. The molecule has 104 valence electrons. The molecule has 20 heavy (non-hydrogen) atoms. The Morgan fingerprint density at radius 3 is 1.85 bits per heavy atom. The summed E-state index contributed by atoms with van der Waals surface area (Å²) in [6, 6.07) is 10.2. The zero-order chi connectivity index (χ0) is 14.5. The van der Waals surface area contributed by atoms with Crippen LogP contribution in [0.5, 0.6) is 11.5 Å². The van der Waals surface area contributed by atoms with Crippen molar-refractivity contribution in [1.82, 2.24) is 0 Å². The minimum atomic E-state index is -0.235. The summed E-state index contributed by atoms with van der Waals surface area (Å²) < 4.78 is 23.5. The van der Waals surface area contributed by atoms with Crippen LogP contribution >= 0.6 is 0 Å². The Kier molecular flexibility index (Phi) is 4.41. The Morgan fingerprint density at radius 1 is 0.850 bits per heavy atom. The molecule has 0 saturated heterocycles. The van der Waals surface area contributed by atoms with Gasteiger partial charge in [-0.2, -0.15) is 0 Å². The molecule has 2 aromatic rings. The predicted octanol–water partition coefficient (Wildman–Crippen LogP) is 4.32. The smallest absolute Gasteiger partial charge is 0.126 e. The lowest BCUT2D eigenvalue weighted by molar-refractivity contribution is 0.388. The highest BCUT2D eigenvalue weighted by atomic mass is 19.1. The molecule has 0 saturated carbocycles. The standard InChI is InChI=1S/C17H17FO2/c1-12-16(19-2)10-14(11-17(12)20-3)5-4-13-6-8-15(18)9-7-13/h4-11H,1-3H3. The highest BCUT2D eigenvalue weighted by molar-refractivity contribution is 5.71. The maximum absolute atomic E-state index is 12.8. The van der Waals surface area contributed by atoms with E-state index in [0.717, 1.165) is 28.2 Å². The average molecular weight is 272 g/mol. The molecular formula is C17H17FO2. The number of hydrogen-bond donors (Lipinski definition) is 0. The van der Waals surface area contributed by atoms with Gasteiger partial charge in [0.2, 0.25) is 0 Å². The summed E-state index contributed by atoms with van der Waals surface area (Å²) in [6.07, 6.45) is 3.86. The third-order valence-electron chi connectivity index (χ3n) is 3.11. The van der Waals surface area contributed by atoms with Gasteiger partial charge in [-0.3, -0.25) is 0 Å². The molecule has 2 rings (SSSR count). The molecule has 0 radical (unpaired) electrons. The van der Waals surface area contributed by atoms with E-state index < -0.39 is 0 Å². The first-order chi connectivity index (χ1) is 9.63. The summed E-state index contributed by atoms with van der Waals surface area (Å²) in [4.78, 5) is 0. The Bertz CT molecular complexity index is 590. The Balaban J connectivity index is 2.31. The van der Waals surface area contributed by atoms with Crippen molar-refractivity contribution in [2.24, 2.45) is 0 Å². The van der Waals surface area contributed by atoms with E-state index in [2.05, 4.69) is 0 Å².